The van der Waals surface area contributed by atoms with Crippen LogP contribution >= 0.6 is 15.9 Å². The van der Waals surface area contributed by atoms with Crippen LogP contribution < -0.4 is 5.32 Å². The molecule has 0 spiro atoms. The maximum absolute atomic E-state index is 12.1. The summed E-state index contributed by atoms with van der Waals surface area (Å²) in [6.45, 7) is 1.94. The molecule has 0 aliphatic carbocycles. The van der Waals surface area contributed by atoms with Gasteiger partial charge in [-0.3, -0.25) is 9.78 Å². The number of carbonyl (C=O) groups excluding carboxylic acids is 1. The van der Waals surface area contributed by atoms with Gasteiger partial charge in [-0.1, -0.05) is 40.2 Å². The van der Waals surface area contributed by atoms with Gasteiger partial charge in [-0.15, -0.1) is 0 Å². The Hall–Kier alpha value is -1.72. The third-order valence-electron chi connectivity index (χ3n) is 3.34. The predicted molar refractivity (Wildman–Crippen MR) is 91.2 cm³/mol. The molecule has 0 atom stereocenters. The highest BCUT2D eigenvalue weighted by Gasteiger charge is 2.10. The number of rotatable bonds is 7. The first-order valence-corrected chi connectivity index (χ1v) is 8.04. The van der Waals surface area contributed by atoms with Crippen LogP contribution in [0.3, 0.4) is 0 Å². The van der Waals surface area contributed by atoms with Gasteiger partial charge in [0, 0.05) is 43.8 Å². The topological polar surface area (TPSA) is 45.2 Å². The lowest BCUT2D eigenvalue weighted by Gasteiger charge is -2.18. The van der Waals surface area contributed by atoms with Crippen LogP contribution in [0.15, 0.2) is 53.1 Å². The lowest BCUT2D eigenvalue weighted by molar-refractivity contribution is -0.130. The van der Waals surface area contributed by atoms with Crippen molar-refractivity contribution in [2.75, 3.05) is 13.6 Å². The molecule has 5 heteroatoms. The number of hydrogen-bond donors (Lipinski definition) is 1. The zero-order valence-electron chi connectivity index (χ0n) is 12.6. The van der Waals surface area contributed by atoms with Gasteiger partial charge in [-0.05, 0) is 23.8 Å². The molecule has 2 rings (SSSR count). The number of hydrogen-bond acceptors (Lipinski definition) is 3. The Bertz CT molecular complexity index is 604. The van der Waals surface area contributed by atoms with Crippen molar-refractivity contribution >= 4 is 21.8 Å². The minimum atomic E-state index is 0.129. The van der Waals surface area contributed by atoms with Crippen LogP contribution in [0.1, 0.15) is 17.7 Å². The zero-order chi connectivity index (χ0) is 15.8. The highest BCUT2D eigenvalue weighted by Crippen LogP contribution is 2.17. The minimum absolute atomic E-state index is 0.129. The smallest absolute Gasteiger partial charge is 0.223 e. The van der Waals surface area contributed by atoms with E-state index in [2.05, 4.69) is 26.2 Å². The normalized spacial score (nSPS) is 10.5. The third kappa shape index (κ3) is 5.24. The first-order valence-electron chi connectivity index (χ1n) is 7.25. The van der Waals surface area contributed by atoms with E-state index in [4.69, 9.17) is 0 Å². The molecule has 0 bridgehead atoms. The van der Waals surface area contributed by atoms with Crippen LogP contribution in [0.25, 0.3) is 0 Å². The average molecular weight is 362 g/mol. The molecular weight excluding hydrogens is 342 g/mol. The van der Waals surface area contributed by atoms with Crippen molar-refractivity contribution in [2.45, 2.75) is 19.5 Å². The molecule has 22 heavy (non-hydrogen) atoms. The molecule has 0 aliphatic rings. The van der Waals surface area contributed by atoms with Crippen molar-refractivity contribution in [1.29, 1.82) is 0 Å². The number of aromatic nitrogens is 1. The maximum Gasteiger partial charge on any atom is 0.223 e. The zero-order valence-corrected chi connectivity index (χ0v) is 14.2. The van der Waals surface area contributed by atoms with Gasteiger partial charge in [-0.25, -0.2) is 0 Å². The number of nitrogens with one attached hydrogen (secondary N) is 1. The maximum atomic E-state index is 12.1. The Morgan fingerprint density at radius 3 is 2.73 bits per heavy atom. The number of halogens is 1. The molecule has 4 nitrogen and oxygen atoms in total. The average Bonchev–Trinajstić information content (AvgIpc) is 2.54. The van der Waals surface area contributed by atoms with Crippen molar-refractivity contribution in [1.82, 2.24) is 15.2 Å². The van der Waals surface area contributed by atoms with E-state index in [0.717, 1.165) is 15.7 Å². The summed E-state index contributed by atoms with van der Waals surface area (Å²) in [5, 5.41) is 3.24. The summed E-state index contributed by atoms with van der Waals surface area (Å²) in [7, 11) is 1.83. The standard InChI is InChI=1S/C17H20BrN3O/c1-21(13-14-6-2-3-8-16(14)18)17(22)9-11-19-12-15-7-4-5-10-20-15/h2-8,10,19H,9,11-13H2,1H3. The fraction of sp³-hybridized carbons (Fsp3) is 0.294. The molecule has 1 heterocycles. The largest absolute Gasteiger partial charge is 0.341 e. The van der Waals surface area contributed by atoms with E-state index >= 15 is 0 Å². The third-order valence-corrected chi connectivity index (χ3v) is 4.11. The van der Waals surface area contributed by atoms with Crippen LogP contribution in [-0.2, 0) is 17.9 Å². The van der Waals surface area contributed by atoms with Crippen molar-refractivity contribution in [3.63, 3.8) is 0 Å². The molecule has 1 aromatic carbocycles. The minimum Gasteiger partial charge on any atom is -0.341 e. The van der Waals surface area contributed by atoms with Gasteiger partial charge in [0.05, 0.1) is 5.69 Å². The summed E-state index contributed by atoms with van der Waals surface area (Å²) in [5.74, 6) is 0.129. The molecule has 0 radical (unpaired) electrons. The molecule has 1 N–H and O–H groups in total. The molecule has 0 aliphatic heterocycles. The molecule has 0 fully saturated rings. The van der Waals surface area contributed by atoms with Crippen LogP contribution in [0.5, 0.6) is 0 Å². The Labute approximate surface area is 139 Å². The van der Waals surface area contributed by atoms with Gasteiger partial charge in [0.15, 0.2) is 0 Å². The van der Waals surface area contributed by atoms with Crippen molar-refractivity contribution in [3.05, 3.63) is 64.4 Å². The summed E-state index contributed by atoms with van der Waals surface area (Å²) < 4.78 is 1.03. The van der Waals surface area contributed by atoms with E-state index in [0.29, 0.717) is 26.1 Å². The summed E-state index contributed by atoms with van der Waals surface area (Å²) >= 11 is 3.51. The lowest BCUT2D eigenvalue weighted by Crippen LogP contribution is -2.29. The highest BCUT2D eigenvalue weighted by molar-refractivity contribution is 9.10. The summed E-state index contributed by atoms with van der Waals surface area (Å²) in [6, 6.07) is 13.8. The second-order valence-corrected chi connectivity index (χ2v) is 5.94. The van der Waals surface area contributed by atoms with Crippen LogP contribution in [0.2, 0.25) is 0 Å². The Morgan fingerprint density at radius 1 is 1.23 bits per heavy atom. The van der Waals surface area contributed by atoms with E-state index in [1.54, 1.807) is 11.1 Å². The molecule has 1 aromatic heterocycles. The Balaban J connectivity index is 1.71. The van der Waals surface area contributed by atoms with E-state index in [1.807, 2.05) is 49.5 Å². The van der Waals surface area contributed by atoms with Gasteiger partial charge in [0.1, 0.15) is 0 Å². The number of benzene rings is 1. The van der Waals surface area contributed by atoms with Gasteiger partial charge < -0.3 is 10.2 Å². The van der Waals surface area contributed by atoms with Crippen molar-refractivity contribution in [3.8, 4) is 0 Å². The molecule has 0 saturated heterocycles. The molecule has 1 amide bonds. The molecule has 116 valence electrons. The first kappa shape index (κ1) is 16.6. The molecule has 0 unspecified atom stereocenters. The number of pyridine rings is 1. The van der Waals surface area contributed by atoms with E-state index < -0.39 is 0 Å². The van der Waals surface area contributed by atoms with Gasteiger partial charge in [0.25, 0.3) is 0 Å². The van der Waals surface area contributed by atoms with E-state index in [1.165, 1.54) is 0 Å². The van der Waals surface area contributed by atoms with Crippen LogP contribution in [0, 0.1) is 0 Å². The Morgan fingerprint density at radius 2 is 2.00 bits per heavy atom. The quantitative estimate of drug-likeness (QED) is 0.771. The van der Waals surface area contributed by atoms with Gasteiger partial charge >= 0.3 is 0 Å². The molecular formula is C17H20BrN3O. The summed E-state index contributed by atoms with van der Waals surface area (Å²) in [4.78, 5) is 18.1. The van der Waals surface area contributed by atoms with E-state index in [-0.39, 0.29) is 5.91 Å². The lowest BCUT2D eigenvalue weighted by atomic mass is 10.2. The van der Waals surface area contributed by atoms with Crippen molar-refractivity contribution in [2.24, 2.45) is 0 Å². The second kappa shape index (κ2) is 8.66. The van der Waals surface area contributed by atoms with Crippen LogP contribution in [-0.4, -0.2) is 29.4 Å². The Kier molecular flexibility index (Phi) is 6.55. The molecule has 0 saturated carbocycles. The summed E-state index contributed by atoms with van der Waals surface area (Å²) in [6.07, 6.45) is 2.25. The number of carbonyl (C=O) groups is 1. The predicted octanol–water partition coefficient (Wildman–Crippen LogP) is 2.98. The second-order valence-electron chi connectivity index (χ2n) is 5.09. The highest BCUT2D eigenvalue weighted by atomic mass is 79.9. The fourth-order valence-corrected chi connectivity index (χ4v) is 2.49. The molecule has 2 aromatic rings. The van der Waals surface area contributed by atoms with Crippen LogP contribution in [0.4, 0.5) is 0 Å². The van der Waals surface area contributed by atoms with E-state index in [9.17, 15) is 4.79 Å². The number of nitrogens with zero attached hydrogens (tertiary/aromatic N) is 2. The van der Waals surface area contributed by atoms with Gasteiger partial charge in [-0.2, -0.15) is 0 Å². The number of amides is 1. The fourth-order valence-electron chi connectivity index (χ4n) is 2.08. The SMILES string of the molecule is CN(Cc1ccccc1Br)C(=O)CCNCc1ccccn1. The van der Waals surface area contributed by atoms with Crippen molar-refractivity contribution < 1.29 is 4.79 Å². The first-order chi connectivity index (χ1) is 10.7. The monoisotopic (exact) mass is 361 g/mol. The van der Waals surface area contributed by atoms with Gasteiger partial charge in [0.2, 0.25) is 5.91 Å². The summed E-state index contributed by atoms with van der Waals surface area (Å²) in [5.41, 5.74) is 2.09.